The first-order valence-electron chi connectivity index (χ1n) is 5.09. The van der Waals surface area contributed by atoms with E-state index in [2.05, 4.69) is 0 Å². The zero-order chi connectivity index (χ0) is 12.0. The van der Waals surface area contributed by atoms with Crippen LogP contribution in [0.15, 0.2) is 30.3 Å². The molecule has 0 aliphatic carbocycles. The Morgan fingerprint density at radius 3 is 2.50 bits per heavy atom. The molecule has 0 saturated carbocycles. The quantitative estimate of drug-likeness (QED) is 0.344. The van der Waals surface area contributed by atoms with Crippen LogP contribution in [0.2, 0.25) is 12.6 Å². The number of esters is 1. The topological polar surface area (TPSA) is 26.3 Å². The standard InChI is InChI=1S/C11H14F2O2Si/c1-16(12,13)9-5-8-15-11(14)10-6-3-2-4-7-10/h2-4,6-7H,5,8-9H2,1H3. The van der Waals surface area contributed by atoms with Gasteiger partial charge in [-0.3, -0.25) is 8.22 Å². The SMILES string of the molecule is C[Si](F)(F)CCCOC(=O)c1ccccc1. The summed E-state index contributed by atoms with van der Waals surface area (Å²) < 4.78 is 30.0. The van der Waals surface area contributed by atoms with E-state index in [9.17, 15) is 13.0 Å². The number of benzene rings is 1. The second kappa shape index (κ2) is 5.74. The normalized spacial score (nSPS) is 11.2. The van der Waals surface area contributed by atoms with Crippen molar-refractivity contribution in [1.82, 2.24) is 0 Å². The molecule has 5 heteroatoms. The van der Waals surface area contributed by atoms with Gasteiger partial charge >= 0.3 is 14.7 Å². The highest BCUT2D eigenvalue weighted by Gasteiger charge is 2.26. The Hall–Kier alpha value is -1.23. The minimum Gasteiger partial charge on any atom is -0.462 e. The molecule has 1 aromatic carbocycles. The molecule has 0 N–H and O–H groups in total. The average molecular weight is 244 g/mol. The van der Waals surface area contributed by atoms with E-state index in [1.165, 1.54) is 0 Å². The van der Waals surface area contributed by atoms with Gasteiger partial charge < -0.3 is 4.74 Å². The molecule has 0 unspecified atom stereocenters. The van der Waals surface area contributed by atoms with Crippen molar-refractivity contribution in [3.63, 3.8) is 0 Å². The van der Waals surface area contributed by atoms with Crippen LogP contribution in [0.3, 0.4) is 0 Å². The molecule has 16 heavy (non-hydrogen) atoms. The van der Waals surface area contributed by atoms with Gasteiger partial charge in [0.15, 0.2) is 0 Å². The van der Waals surface area contributed by atoms with Crippen LogP contribution in [0.1, 0.15) is 16.8 Å². The number of rotatable bonds is 5. The molecule has 0 aromatic heterocycles. The molecule has 0 atom stereocenters. The maximum absolute atomic E-state index is 12.6. The summed E-state index contributed by atoms with van der Waals surface area (Å²) in [5.41, 5.74) is 0.447. The Labute approximate surface area is 94.6 Å². The fourth-order valence-corrected chi connectivity index (χ4v) is 1.97. The van der Waals surface area contributed by atoms with Gasteiger partial charge in [-0.05, 0) is 25.1 Å². The Morgan fingerprint density at radius 2 is 1.94 bits per heavy atom. The molecule has 0 amide bonds. The summed E-state index contributed by atoms with van der Waals surface area (Å²) in [6.45, 7) is 1.05. The predicted octanol–water partition coefficient (Wildman–Crippen LogP) is 3.24. The van der Waals surface area contributed by atoms with E-state index < -0.39 is 14.7 Å². The predicted molar refractivity (Wildman–Crippen MR) is 60.0 cm³/mol. The molecule has 0 saturated heterocycles. The first-order chi connectivity index (χ1) is 7.49. The fourth-order valence-electron chi connectivity index (χ4n) is 1.21. The van der Waals surface area contributed by atoms with Gasteiger partial charge in [0.25, 0.3) is 0 Å². The maximum Gasteiger partial charge on any atom is 0.422 e. The van der Waals surface area contributed by atoms with Gasteiger partial charge in [-0.2, -0.15) is 0 Å². The lowest BCUT2D eigenvalue weighted by Gasteiger charge is -2.07. The van der Waals surface area contributed by atoms with Gasteiger partial charge in [-0.1, -0.05) is 18.2 Å². The van der Waals surface area contributed by atoms with Crippen LogP contribution in [0.25, 0.3) is 0 Å². The molecule has 2 nitrogen and oxygen atoms in total. The molecule has 0 fully saturated rings. The van der Waals surface area contributed by atoms with Crippen LogP contribution in [0.5, 0.6) is 0 Å². The van der Waals surface area contributed by atoms with Gasteiger partial charge in [-0.25, -0.2) is 4.79 Å². The molecule has 1 rings (SSSR count). The van der Waals surface area contributed by atoms with Crippen LogP contribution >= 0.6 is 0 Å². The second-order valence-electron chi connectivity index (χ2n) is 3.68. The van der Waals surface area contributed by atoms with Gasteiger partial charge in [0.05, 0.1) is 12.2 Å². The van der Waals surface area contributed by atoms with Gasteiger partial charge in [0, 0.05) is 6.04 Å². The van der Waals surface area contributed by atoms with Crippen molar-refractivity contribution in [3.05, 3.63) is 35.9 Å². The molecule has 88 valence electrons. The van der Waals surface area contributed by atoms with Crippen LogP contribution in [0, 0.1) is 0 Å². The van der Waals surface area contributed by atoms with Crippen LogP contribution < -0.4 is 0 Å². The van der Waals surface area contributed by atoms with E-state index in [-0.39, 0.29) is 19.1 Å². The summed E-state index contributed by atoms with van der Waals surface area (Å²) in [4.78, 5) is 11.4. The molecule has 0 spiro atoms. The number of hydrogen-bond acceptors (Lipinski definition) is 2. The third-order valence-electron chi connectivity index (χ3n) is 2.00. The van der Waals surface area contributed by atoms with Crippen molar-refractivity contribution >= 4 is 14.7 Å². The number of carbonyl (C=O) groups is 1. The Bertz CT molecular complexity index is 336. The van der Waals surface area contributed by atoms with Crippen molar-refractivity contribution in [3.8, 4) is 0 Å². The van der Waals surface area contributed by atoms with Gasteiger partial charge in [0.2, 0.25) is 0 Å². The van der Waals surface area contributed by atoms with Crippen LogP contribution in [-0.2, 0) is 4.74 Å². The van der Waals surface area contributed by atoms with E-state index in [4.69, 9.17) is 4.74 Å². The first-order valence-corrected chi connectivity index (χ1v) is 7.55. The van der Waals surface area contributed by atoms with E-state index >= 15 is 0 Å². The number of ether oxygens (including phenoxy) is 1. The molecule has 1 aromatic rings. The molecule has 0 aliphatic heterocycles. The van der Waals surface area contributed by atoms with E-state index in [1.807, 2.05) is 0 Å². The van der Waals surface area contributed by atoms with Crippen molar-refractivity contribution in [2.45, 2.75) is 19.0 Å². The van der Waals surface area contributed by atoms with Crippen LogP contribution in [-0.4, -0.2) is 21.3 Å². The van der Waals surface area contributed by atoms with Crippen molar-refractivity contribution in [1.29, 1.82) is 0 Å². The number of hydrogen-bond donors (Lipinski definition) is 0. The Balaban J connectivity index is 2.27. The second-order valence-corrected chi connectivity index (χ2v) is 6.32. The van der Waals surface area contributed by atoms with Crippen LogP contribution in [0.4, 0.5) is 8.22 Å². The Kier molecular flexibility index (Phi) is 4.61. The monoisotopic (exact) mass is 244 g/mol. The van der Waals surface area contributed by atoms with E-state index in [0.29, 0.717) is 5.56 Å². The van der Waals surface area contributed by atoms with Crippen molar-refractivity contribution in [2.75, 3.05) is 6.61 Å². The lowest BCUT2D eigenvalue weighted by molar-refractivity contribution is 0.0503. The number of carbonyl (C=O) groups excluding carboxylic acids is 1. The Morgan fingerprint density at radius 1 is 1.31 bits per heavy atom. The molecule has 0 radical (unpaired) electrons. The summed E-state index contributed by atoms with van der Waals surface area (Å²) in [6, 6.07) is 8.37. The highest BCUT2D eigenvalue weighted by molar-refractivity contribution is 6.64. The third-order valence-corrected chi connectivity index (χ3v) is 3.23. The zero-order valence-corrected chi connectivity index (χ0v) is 10.1. The van der Waals surface area contributed by atoms with E-state index in [1.54, 1.807) is 30.3 Å². The highest BCUT2D eigenvalue weighted by atomic mass is 28.4. The summed E-state index contributed by atoms with van der Waals surface area (Å²) >= 11 is 0. The van der Waals surface area contributed by atoms with E-state index in [0.717, 1.165) is 6.55 Å². The molecule has 0 heterocycles. The molecular weight excluding hydrogens is 230 g/mol. The first kappa shape index (κ1) is 12.8. The smallest absolute Gasteiger partial charge is 0.422 e. The summed E-state index contributed by atoms with van der Waals surface area (Å²) in [6.07, 6.45) is 0.230. The molecular formula is C11H14F2O2Si. The lowest BCUT2D eigenvalue weighted by Crippen LogP contribution is -2.17. The van der Waals surface area contributed by atoms with Crippen molar-refractivity contribution in [2.24, 2.45) is 0 Å². The van der Waals surface area contributed by atoms with Gasteiger partial charge in [0.1, 0.15) is 0 Å². The molecule has 0 aliphatic rings. The number of halogens is 2. The third kappa shape index (κ3) is 5.02. The minimum absolute atomic E-state index is 0.0597. The largest absolute Gasteiger partial charge is 0.462 e. The fraction of sp³-hybridized carbons (Fsp3) is 0.364. The summed E-state index contributed by atoms with van der Waals surface area (Å²) in [5.74, 6) is -0.457. The average Bonchev–Trinajstić information content (AvgIpc) is 2.24. The van der Waals surface area contributed by atoms with Crippen molar-refractivity contribution < 1.29 is 17.7 Å². The zero-order valence-electron chi connectivity index (χ0n) is 9.08. The summed E-state index contributed by atoms with van der Waals surface area (Å²) in [7, 11) is -4.00. The van der Waals surface area contributed by atoms with Gasteiger partial charge in [-0.15, -0.1) is 0 Å². The minimum atomic E-state index is -4.00. The highest BCUT2D eigenvalue weighted by Crippen LogP contribution is 2.14. The molecule has 0 bridgehead atoms. The lowest BCUT2D eigenvalue weighted by atomic mass is 10.2. The maximum atomic E-state index is 12.6. The summed E-state index contributed by atoms with van der Waals surface area (Å²) in [5, 5.41) is 0.